The maximum atomic E-state index is 14.2. The van der Waals surface area contributed by atoms with Gasteiger partial charge >= 0.3 is 0 Å². The molecule has 0 spiro atoms. The molecule has 158 valence electrons. The van der Waals surface area contributed by atoms with Gasteiger partial charge in [0.05, 0.1) is 23.4 Å². The zero-order valence-electron chi connectivity index (χ0n) is 17.1. The highest BCUT2D eigenvalue weighted by Gasteiger charge is 2.12. The Hall–Kier alpha value is -2.87. The molecule has 1 aliphatic heterocycles. The molecule has 0 bridgehead atoms. The minimum absolute atomic E-state index is 0.200. The Morgan fingerprint density at radius 2 is 1.77 bits per heavy atom. The van der Waals surface area contributed by atoms with Crippen molar-refractivity contribution >= 4 is 26.7 Å². The third-order valence-electron chi connectivity index (χ3n) is 5.37. The number of nitrogens with zero attached hydrogens (tertiary/aromatic N) is 3. The Balaban J connectivity index is 1.29. The van der Waals surface area contributed by atoms with E-state index in [2.05, 4.69) is 38.4 Å². The lowest BCUT2D eigenvalue weighted by atomic mass is 10.1. The highest BCUT2D eigenvalue weighted by molar-refractivity contribution is 7.22. The molecule has 0 radical (unpaired) electrons. The van der Waals surface area contributed by atoms with Crippen molar-refractivity contribution in [1.29, 1.82) is 0 Å². The average molecular weight is 435 g/mol. The van der Waals surface area contributed by atoms with Crippen molar-refractivity contribution in [3.05, 3.63) is 77.9 Å². The van der Waals surface area contributed by atoms with Crippen molar-refractivity contribution in [1.82, 2.24) is 14.9 Å². The summed E-state index contributed by atoms with van der Waals surface area (Å²) in [7, 11) is 0. The molecule has 2 aromatic carbocycles. The van der Waals surface area contributed by atoms with Gasteiger partial charge < -0.3 is 10.1 Å². The number of ether oxygens (including phenoxy) is 1. The van der Waals surface area contributed by atoms with Crippen molar-refractivity contribution in [2.75, 3.05) is 31.6 Å². The molecule has 3 heterocycles. The third-order valence-corrected chi connectivity index (χ3v) is 6.35. The van der Waals surface area contributed by atoms with E-state index in [9.17, 15) is 4.39 Å². The van der Waals surface area contributed by atoms with Crippen LogP contribution in [0.25, 0.3) is 21.3 Å². The first-order valence-electron chi connectivity index (χ1n) is 10.4. The maximum Gasteiger partial charge on any atom is 0.184 e. The third kappa shape index (κ3) is 4.90. The number of pyridine rings is 1. The number of rotatable bonds is 6. The quantitative estimate of drug-likeness (QED) is 0.466. The van der Waals surface area contributed by atoms with Gasteiger partial charge in [0.15, 0.2) is 5.13 Å². The number of fused-ring (bicyclic) bond motifs is 1. The van der Waals surface area contributed by atoms with Gasteiger partial charge in [-0.15, -0.1) is 0 Å². The molecule has 31 heavy (non-hydrogen) atoms. The Labute approximate surface area is 184 Å². The van der Waals surface area contributed by atoms with Gasteiger partial charge in [0.2, 0.25) is 0 Å². The zero-order valence-corrected chi connectivity index (χ0v) is 17.9. The Kier molecular flexibility index (Phi) is 5.88. The van der Waals surface area contributed by atoms with Crippen LogP contribution in [-0.2, 0) is 17.8 Å². The molecule has 1 fully saturated rings. The lowest BCUT2D eigenvalue weighted by Crippen LogP contribution is -2.35. The maximum absolute atomic E-state index is 14.2. The van der Waals surface area contributed by atoms with Crippen LogP contribution in [0.4, 0.5) is 9.52 Å². The van der Waals surface area contributed by atoms with Crippen LogP contribution in [-0.4, -0.2) is 41.2 Å². The predicted molar refractivity (Wildman–Crippen MR) is 123 cm³/mol. The van der Waals surface area contributed by atoms with Crippen LogP contribution < -0.4 is 5.32 Å². The summed E-state index contributed by atoms with van der Waals surface area (Å²) in [6.07, 6.45) is 3.59. The predicted octanol–water partition coefficient (Wildman–Crippen LogP) is 4.94. The number of benzene rings is 2. The summed E-state index contributed by atoms with van der Waals surface area (Å²) < 4.78 is 20.7. The second kappa shape index (κ2) is 9.09. The number of thiazole rings is 1. The van der Waals surface area contributed by atoms with Gasteiger partial charge in [-0.3, -0.25) is 9.88 Å². The SMILES string of the molecule is Fc1cc(CNc2nc3ccc(-c4ccncc4)cc3s2)cc(CN2CCOCC2)c1. The molecule has 0 saturated carbocycles. The number of nitrogens with one attached hydrogen (secondary N) is 1. The normalized spacial score (nSPS) is 14.7. The van der Waals surface area contributed by atoms with Crippen molar-refractivity contribution in [3.63, 3.8) is 0 Å². The summed E-state index contributed by atoms with van der Waals surface area (Å²) in [5, 5.41) is 4.20. The van der Waals surface area contributed by atoms with Crippen molar-refractivity contribution in [2.45, 2.75) is 13.1 Å². The standard InChI is InChI=1S/C24H23FN4OS/c25-21-12-17(11-18(13-21)16-29-7-9-30-10-8-29)15-27-24-28-22-2-1-20(14-23(22)31-24)19-3-5-26-6-4-19/h1-6,11-14H,7-10,15-16H2,(H,27,28). The molecule has 0 unspecified atom stereocenters. The second-order valence-corrected chi connectivity index (χ2v) is 8.68. The number of halogens is 1. The monoisotopic (exact) mass is 434 g/mol. The number of hydrogen-bond acceptors (Lipinski definition) is 6. The molecule has 2 aromatic heterocycles. The highest BCUT2D eigenvalue weighted by Crippen LogP contribution is 2.30. The highest BCUT2D eigenvalue weighted by atomic mass is 32.1. The molecule has 0 aliphatic carbocycles. The fraction of sp³-hybridized carbons (Fsp3) is 0.250. The molecule has 1 saturated heterocycles. The molecule has 4 aromatic rings. The number of hydrogen-bond donors (Lipinski definition) is 1. The van der Waals surface area contributed by atoms with Crippen LogP contribution in [0, 0.1) is 5.82 Å². The van der Waals surface area contributed by atoms with Crippen LogP contribution >= 0.6 is 11.3 Å². The molecule has 0 amide bonds. The lowest BCUT2D eigenvalue weighted by Gasteiger charge is -2.26. The molecular formula is C24H23FN4OS. The smallest absolute Gasteiger partial charge is 0.184 e. The molecule has 5 nitrogen and oxygen atoms in total. The van der Waals surface area contributed by atoms with Crippen LogP contribution in [0.3, 0.4) is 0 Å². The molecule has 5 rings (SSSR count). The van der Waals surface area contributed by atoms with Gasteiger partial charge in [0.25, 0.3) is 0 Å². The van der Waals surface area contributed by atoms with E-state index in [0.717, 1.165) is 70.5 Å². The van der Waals surface area contributed by atoms with Crippen molar-refractivity contribution < 1.29 is 9.13 Å². The number of aromatic nitrogens is 2. The second-order valence-electron chi connectivity index (χ2n) is 7.65. The fourth-order valence-corrected chi connectivity index (χ4v) is 4.73. The summed E-state index contributed by atoms with van der Waals surface area (Å²) in [5.41, 5.74) is 5.14. The topological polar surface area (TPSA) is 50.3 Å². The van der Waals surface area contributed by atoms with Crippen LogP contribution in [0.1, 0.15) is 11.1 Å². The number of anilines is 1. The van der Waals surface area contributed by atoms with E-state index in [-0.39, 0.29) is 5.82 Å². The Bertz CT molecular complexity index is 1170. The minimum Gasteiger partial charge on any atom is -0.379 e. The van der Waals surface area contributed by atoms with Gasteiger partial charge in [-0.1, -0.05) is 23.5 Å². The first-order chi connectivity index (χ1) is 15.2. The van der Waals surface area contributed by atoms with Crippen LogP contribution in [0.15, 0.2) is 60.9 Å². The lowest BCUT2D eigenvalue weighted by molar-refractivity contribution is 0.0341. The summed E-state index contributed by atoms with van der Waals surface area (Å²) in [5.74, 6) is -0.200. The van der Waals surface area contributed by atoms with E-state index in [0.29, 0.717) is 6.54 Å². The first kappa shape index (κ1) is 20.1. The fourth-order valence-electron chi connectivity index (χ4n) is 3.83. The minimum atomic E-state index is -0.200. The van der Waals surface area contributed by atoms with E-state index in [1.165, 1.54) is 0 Å². The summed E-state index contributed by atoms with van der Waals surface area (Å²) in [6.45, 7) is 4.53. The zero-order chi connectivity index (χ0) is 21.0. The van der Waals surface area contributed by atoms with E-state index in [4.69, 9.17) is 4.74 Å². The molecule has 0 atom stereocenters. The van der Waals surface area contributed by atoms with Gasteiger partial charge in [0, 0.05) is 38.6 Å². The largest absolute Gasteiger partial charge is 0.379 e. The Morgan fingerprint density at radius 3 is 2.61 bits per heavy atom. The van der Waals surface area contributed by atoms with Crippen LogP contribution in [0.2, 0.25) is 0 Å². The Morgan fingerprint density at radius 1 is 0.968 bits per heavy atom. The van der Waals surface area contributed by atoms with Crippen molar-refractivity contribution in [2.24, 2.45) is 0 Å². The van der Waals surface area contributed by atoms with E-state index < -0.39 is 0 Å². The van der Waals surface area contributed by atoms with Crippen LogP contribution in [0.5, 0.6) is 0 Å². The van der Waals surface area contributed by atoms with E-state index >= 15 is 0 Å². The molecule has 7 heteroatoms. The molecular weight excluding hydrogens is 411 g/mol. The molecule has 1 aliphatic rings. The summed E-state index contributed by atoms with van der Waals surface area (Å²) in [4.78, 5) is 11.1. The molecule has 1 N–H and O–H groups in total. The van der Waals surface area contributed by atoms with Crippen molar-refractivity contribution in [3.8, 4) is 11.1 Å². The van der Waals surface area contributed by atoms with Gasteiger partial charge in [-0.05, 0) is 58.7 Å². The van der Waals surface area contributed by atoms with Gasteiger partial charge in [-0.2, -0.15) is 0 Å². The van der Waals surface area contributed by atoms with E-state index in [1.807, 2.05) is 18.2 Å². The first-order valence-corrected chi connectivity index (χ1v) is 11.2. The van der Waals surface area contributed by atoms with Gasteiger partial charge in [-0.25, -0.2) is 9.37 Å². The van der Waals surface area contributed by atoms with Gasteiger partial charge in [0.1, 0.15) is 5.82 Å². The summed E-state index contributed by atoms with van der Waals surface area (Å²) in [6, 6.07) is 15.5. The van der Waals surface area contributed by atoms with E-state index in [1.54, 1.807) is 35.9 Å². The number of morpholine rings is 1. The summed E-state index contributed by atoms with van der Waals surface area (Å²) >= 11 is 1.61. The average Bonchev–Trinajstić information content (AvgIpc) is 3.21.